The molecule has 1 aliphatic rings. The predicted molar refractivity (Wildman–Crippen MR) is 92.0 cm³/mol. The Balaban J connectivity index is 1.78. The highest BCUT2D eigenvalue weighted by atomic mass is 16.5. The van der Waals surface area contributed by atoms with Crippen molar-refractivity contribution in [3.63, 3.8) is 0 Å². The van der Waals surface area contributed by atoms with Crippen molar-refractivity contribution in [2.24, 2.45) is 0 Å². The zero-order chi connectivity index (χ0) is 17.2. The van der Waals surface area contributed by atoms with Gasteiger partial charge in [0.15, 0.2) is 5.76 Å². The van der Waals surface area contributed by atoms with Crippen LogP contribution >= 0.6 is 0 Å². The summed E-state index contributed by atoms with van der Waals surface area (Å²) in [5.41, 5.74) is 0.601. The van der Waals surface area contributed by atoms with Crippen molar-refractivity contribution in [1.82, 2.24) is 19.6 Å². The van der Waals surface area contributed by atoms with Gasteiger partial charge in [-0.3, -0.25) is 14.3 Å². The summed E-state index contributed by atoms with van der Waals surface area (Å²) in [6.07, 6.45) is 3.58. The molecule has 1 saturated heterocycles. The van der Waals surface area contributed by atoms with E-state index in [0.29, 0.717) is 17.4 Å². The molecule has 7 nitrogen and oxygen atoms in total. The number of nitrogens with zero attached hydrogens (tertiary/aromatic N) is 4. The van der Waals surface area contributed by atoms with Crippen molar-refractivity contribution in [3.8, 4) is 0 Å². The van der Waals surface area contributed by atoms with Gasteiger partial charge in [0.1, 0.15) is 5.82 Å². The van der Waals surface area contributed by atoms with E-state index in [1.807, 2.05) is 24.3 Å². The number of aliphatic hydroxyl groups excluding tert-OH is 1. The van der Waals surface area contributed by atoms with Gasteiger partial charge < -0.3 is 9.63 Å². The fraction of sp³-hybridized carbons (Fsp3) is 0.389. The van der Waals surface area contributed by atoms with Gasteiger partial charge in [0, 0.05) is 6.07 Å². The molecule has 3 heterocycles. The minimum absolute atomic E-state index is 0.0222. The number of aliphatic hydroxyl groups is 1. The summed E-state index contributed by atoms with van der Waals surface area (Å²) in [6, 6.07) is 9.23. The summed E-state index contributed by atoms with van der Waals surface area (Å²) in [6.45, 7) is 1.69. The molecule has 7 heteroatoms. The molecule has 1 aromatic carbocycles. The molecule has 25 heavy (non-hydrogen) atoms. The third-order valence-electron chi connectivity index (χ3n) is 4.73. The molecule has 1 fully saturated rings. The quantitative estimate of drug-likeness (QED) is 0.761. The summed E-state index contributed by atoms with van der Waals surface area (Å²) in [5, 5.41) is 13.8. The van der Waals surface area contributed by atoms with Gasteiger partial charge >= 0.3 is 0 Å². The average Bonchev–Trinajstić information content (AvgIpc) is 3.30. The van der Waals surface area contributed by atoms with Crippen molar-refractivity contribution in [1.29, 1.82) is 0 Å². The highest BCUT2D eigenvalue weighted by Gasteiger charge is 2.31. The van der Waals surface area contributed by atoms with Gasteiger partial charge in [0.2, 0.25) is 0 Å². The van der Waals surface area contributed by atoms with Crippen molar-refractivity contribution in [2.75, 3.05) is 13.2 Å². The van der Waals surface area contributed by atoms with E-state index in [-0.39, 0.29) is 24.8 Å². The van der Waals surface area contributed by atoms with Crippen LogP contribution in [0.5, 0.6) is 0 Å². The lowest BCUT2D eigenvalue weighted by atomic mass is 10.1. The van der Waals surface area contributed by atoms with Gasteiger partial charge in [-0.1, -0.05) is 17.3 Å². The Hall–Kier alpha value is -2.51. The van der Waals surface area contributed by atoms with E-state index in [9.17, 15) is 9.90 Å². The average molecular weight is 340 g/mol. The topological polar surface area (TPSA) is 84.4 Å². The normalized spacial score (nSPS) is 18.2. The van der Waals surface area contributed by atoms with E-state index in [4.69, 9.17) is 9.51 Å². The lowest BCUT2D eigenvalue weighted by Gasteiger charge is -2.25. The number of likely N-dealkylation sites (tertiary alicyclic amines) is 1. The Labute approximate surface area is 144 Å². The monoisotopic (exact) mass is 340 g/mol. The van der Waals surface area contributed by atoms with E-state index in [0.717, 1.165) is 31.0 Å². The molecule has 1 atom stereocenters. The van der Waals surface area contributed by atoms with Gasteiger partial charge in [-0.15, -0.1) is 0 Å². The lowest BCUT2D eigenvalue weighted by molar-refractivity contribution is 0.201. The van der Waals surface area contributed by atoms with Crippen LogP contribution in [0.15, 0.2) is 45.8 Å². The molecule has 1 N–H and O–H groups in total. The maximum absolute atomic E-state index is 12.9. The Morgan fingerprint density at radius 3 is 2.96 bits per heavy atom. The number of benzene rings is 1. The summed E-state index contributed by atoms with van der Waals surface area (Å²) in [4.78, 5) is 19.9. The smallest absolute Gasteiger partial charge is 0.261 e. The predicted octanol–water partition coefficient (Wildman–Crippen LogP) is 1.71. The molecule has 0 aliphatic carbocycles. The third kappa shape index (κ3) is 2.96. The molecule has 130 valence electrons. The second-order valence-corrected chi connectivity index (χ2v) is 6.27. The number of hydrogen-bond acceptors (Lipinski definition) is 6. The molecule has 4 rings (SSSR count). The van der Waals surface area contributed by atoms with Crippen LogP contribution in [0.25, 0.3) is 10.9 Å². The zero-order valence-corrected chi connectivity index (χ0v) is 13.8. The second kappa shape index (κ2) is 6.78. The molecule has 3 aromatic rings. The number of fused-ring (bicyclic) bond motifs is 1. The maximum atomic E-state index is 12.9. The second-order valence-electron chi connectivity index (χ2n) is 6.27. The largest absolute Gasteiger partial charge is 0.395 e. The van der Waals surface area contributed by atoms with Crippen LogP contribution < -0.4 is 5.56 Å². The van der Waals surface area contributed by atoms with E-state index in [2.05, 4.69) is 10.1 Å². The Kier molecular flexibility index (Phi) is 4.33. The summed E-state index contributed by atoms with van der Waals surface area (Å²) < 4.78 is 6.85. The third-order valence-corrected chi connectivity index (χ3v) is 4.73. The van der Waals surface area contributed by atoms with Crippen LogP contribution in [0, 0.1) is 0 Å². The number of aromatic nitrogens is 3. The minimum atomic E-state index is -0.0961. The van der Waals surface area contributed by atoms with Crippen molar-refractivity contribution < 1.29 is 9.63 Å². The first-order valence-corrected chi connectivity index (χ1v) is 8.52. The Morgan fingerprint density at radius 2 is 2.16 bits per heavy atom. The lowest BCUT2D eigenvalue weighted by Crippen LogP contribution is -2.32. The van der Waals surface area contributed by atoms with E-state index in [1.165, 1.54) is 0 Å². The van der Waals surface area contributed by atoms with Crippen LogP contribution in [0.1, 0.15) is 30.5 Å². The van der Waals surface area contributed by atoms with E-state index < -0.39 is 0 Å². The highest BCUT2D eigenvalue weighted by Crippen LogP contribution is 2.32. The standard InChI is InChI=1S/C18H20N4O3/c23-11-10-22-17(20-15-5-2-1-4-14(15)18(22)24)16-6-3-9-21(16)12-13-7-8-19-25-13/h1-2,4-5,7-8,16,23H,3,6,9-12H2. The molecule has 0 bridgehead atoms. The minimum Gasteiger partial charge on any atom is -0.395 e. The summed E-state index contributed by atoms with van der Waals surface area (Å²) in [5.74, 6) is 1.51. The first-order valence-electron chi connectivity index (χ1n) is 8.52. The van der Waals surface area contributed by atoms with Crippen molar-refractivity contribution in [2.45, 2.75) is 32.0 Å². The fourth-order valence-corrected chi connectivity index (χ4v) is 3.59. The molecule has 0 radical (unpaired) electrons. The number of rotatable bonds is 5. The molecular weight excluding hydrogens is 320 g/mol. The van der Waals surface area contributed by atoms with Gasteiger partial charge in [0.05, 0.1) is 42.8 Å². The Bertz CT molecular complexity index is 920. The van der Waals surface area contributed by atoms with Gasteiger partial charge in [0.25, 0.3) is 5.56 Å². The van der Waals surface area contributed by atoms with E-state index >= 15 is 0 Å². The summed E-state index contributed by atoms with van der Waals surface area (Å²) in [7, 11) is 0. The van der Waals surface area contributed by atoms with Gasteiger partial charge in [-0.05, 0) is 31.5 Å². The van der Waals surface area contributed by atoms with Crippen molar-refractivity contribution in [3.05, 3.63) is 58.5 Å². The van der Waals surface area contributed by atoms with Crippen LogP contribution in [-0.4, -0.2) is 37.9 Å². The highest BCUT2D eigenvalue weighted by molar-refractivity contribution is 5.77. The van der Waals surface area contributed by atoms with Gasteiger partial charge in [-0.2, -0.15) is 0 Å². The molecule has 0 saturated carbocycles. The van der Waals surface area contributed by atoms with Crippen molar-refractivity contribution >= 4 is 10.9 Å². The first-order chi connectivity index (χ1) is 12.3. The molecule has 1 unspecified atom stereocenters. The van der Waals surface area contributed by atoms with Crippen LogP contribution in [0.2, 0.25) is 0 Å². The summed E-state index contributed by atoms with van der Waals surface area (Å²) >= 11 is 0. The number of para-hydroxylation sites is 1. The molecule has 2 aromatic heterocycles. The fourth-order valence-electron chi connectivity index (χ4n) is 3.59. The molecule has 0 amide bonds. The van der Waals surface area contributed by atoms with Crippen LogP contribution in [-0.2, 0) is 13.1 Å². The SMILES string of the molecule is O=c1c2ccccc2nc(C2CCCN2Cc2ccno2)n1CCO. The first kappa shape index (κ1) is 16.0. The molecular formula is C18H20N4O3. The molecule has 0 spiro atoms. The maximum Gasteiger partial charge on any atom is 0.261 e. The number of hydrogen-bond donors (Lipinski definition) is 1. The molecule has 1 aliphatic heterocycles. The zero-order valence-electron chi connectivity index (χ0n) is 13.8. The van der Waals surface area contributed by atoms with Crippen LogP contribution in [0.3, 0.4) is 0 Å². The van der Waals surface area contributed by atoms with Gasteiger partial charge in [-0.25, -0.2) is 4.98 Å². The van der Waals surface area contributed by atoms with Crippen LogP contribution in [0.4, 0.5) is 0 Å². The van der Waals surface area contributed by atoms with E-state index in [1.54, 1.807) is 16.8 Å². The Morgan fingerprint density at radius 1 is 1.28 bits per heavy atom.